The lowest BCUT2D eigenvalue weighted by molar-refractivity contribution is 0.0951. The third-order valence-corrected chi connectivity index (χ3v) is 3.54. The van der Waals surface area contributed by atoms with E-state index in [1.54, 1.807) is 12.3 Å². The van der Waals surface area contributed by atoms with Crippen molar-refractivity contribution in [3.05, 3.63) is 58.3 Å². The predicted molar refractivity (Wildman–Crippen MR) is 83.7 cm³/mol. The first kappa shape index (κ1) is 14.5. The summed E-state index contributed by atoms with van der Waals surface area (Å²) in [6, 6.07) is 11.6. The van der Waals surface area contributed by atoms with E-state index in [-0.39, 0.29) is 5.91 Å². The Bertz CT molecular complexity index is 601. The molecule has 2 aromatic rings. The maximum Gasteiger partial charge on any atom is 0.269 e. The Morgan fingerprint density at radius 3 is 2.85 bits per heavy atom. The molecule has 0 fully saturated rings. The lowest BCUT2D eigenvalue weighted by atomic mass is 10.2. The second-order valence-electron chi connectivity index (χ2n) is 4.23. The number of halogens is 1. The average Bonchev–Trinajstić information content (AvgIpc) is 2.47. The zero-order valence-corrected chi connectivity index (χ0v) is 12.8. The number of carbonyl (C=O) groups is 1. The van der Waals surface area contributed by atoms with Crippen LogP contribution < -0.4 is 10.6 Å². The summed E-state index contributed by atoms with van der Waals surface area (Å²) in [4.78, 5) is 15.8. The first-order valence-corrected chi connectivity index (χ1v) is 7.21. The van der Waals surface area contributed by atoms with Crippen LogP contribution in [-0.4, -0.2) is 17.4 Å². The van der Waals surface area contributed by atoms with Gasteiger partial charge in [0.25, 0.3) is 5.91 Å². The van der Waals surface area contributed by atoms with Gasteiger partial charge < -0.3 is 10.6 Å². The average molecular weight is 334 g/mol. The van der Waals surface area contributed by atoms with Crippen LogP contribution in [0.5, 0.6) is 0 Å². The fourth-order valence-corrected chi connectivity index (χ4v) is 2.18. The molecule has 4 nitrogen and oxygen atoms in total. The maximum atomic E-state index is 11.7. The number of aromatic nitrogens is 1. The molecule has 0 saturated heterocycles. The molecule has 20 heavy (non-hydrogen) atoms. The van der Waals surface area contributed by atoms with Crippen LogP contribution in [-0.2, 0) is 6.54 Å². The molecule has 0 spiro atoms. The molecule has 104 valence electrons. The van der Waals surface area contributed by atoms with Gasteiger partial charge >= 0.3 is 0 Å². The van der Waals surface area contributed by atoms with E-state index in [2.05, 4.69) is 31.5 Å². The maximum absolute atomic E-state index is 11.7. The highest BCUT2D eigenvalue weighted by Gasteiger charge is 2.06. The minimum atomic E-state index is -0.156. The Hall–Kier alpha value is -1.88. The third kappa shape index (κ3) is 3.81. The molecule has 1 heterocycles. The van der Waals surface area contributed by atoms with E-state index in [0.717, 1.165) is 15.7 Å². The smallest absolute Gasteiger partial charge is 0.269 e. The number of rotatable bonds is 5. The minimum absolute atomic E-state index is 0.156. The van der Waals surface area contributed by atoms with E-state index in [1.165, 1.54) is 0 Å². The minimum Gasteiger partial charge on any atom is -0.381 e. The van der Waals surface area contributed by atoms with Gasteiger partial charge in [0.1, 0.15) is 5.69 Å². The fourth-order valence-electron chi connectivity index (χ4n) is 1.75. The fraction of sp³-hybridized carbons (Fsp3) is 0.200. The number of nitrogens with one attached hydrogen (secondary N) is 2. The largest absolute Gasteiger partial charge is 0.381 e. The van der Waals surface area contributed by atoms with Crippen LogP contribution in [0.25, 0.3) is 0 Å². The van der Waals surface area contributed by atoms with Crippen LogP contribution in [0.3, 0.4) is 0 Å². The van der Waals surface area contributed by atoms with Crippen LogP contribution in [0.4, 0.5) is 5.69 Å². The van der Waals surface area contributed by atoms with Gasteiger partial charge in [-0.05, 0) is 30.7 Å². The molecule has 5 heteroatoms. The summed E-state index contributed by atoms with van der Waals surface area (Å²) in [5.41, 5.74) is 2.45. The van der Waals surface area contributed by atoms with Crippen molar-refractivity contribution < 1.29 is 4.79 Å². The van der Waals surface area contributed by atoms with Crippen LogP contribution in [0.2, 0.25) is 0 Å². The Kier molecular flexibility index (Phi) is 5.12. The molecule has 0 aliphatic carbocycles. The summed E-state index contributed by atoms with van der Waals surface area (Å²) in [5.74, 6) is -0.156. The summed E-state index contributed by atoms with van der Waals surface area (Å²) >= 11 is 3.51. The summed E-state index contributed by atoms with van der Waals surface area (Å²) < 4.78 is 1.06. The highest BCUT2D eigenvalue weighted by atomic mass is 79.9. The molecule has 2 rings (SSSR count). The number of hydrogen-bond donors (Lipinski definition) is 2. The van der Waals surface area contributed by atoms with Gasteiger partial charge in [-0.2, -0.15) is 0 Å². The van der Waals surface area contributed by atoms with Crippen molar-refractivity contribution in [1.82, 2.24) is 10.3 Å². The Labute approximate surface area is 126 Å². The van der Waals surface area contributed by atoms with Crippen molar-refractivity contribution in [1.29, 1.82) is 0 Å². The molecule has 1 aromatic carbocycles. The van der Waals surface area contributed by atoms with Gasteiger partial charge in [-0.3, -0.25) is 9.78 Å². The number of amides is 1. The second-order valence-corrected chi connectivity index (χ2v) is 5.09. The van der Waals surface area contributed by atoms with Gasteiger partial charge in [-0.25, -0.2) is 0 Å². The SMILES string of the molecule is CCNC(=O)c1cc(NCc2ccccc2Br)ccn1. The van der Waals surface area contributed by atoms with Crippen molar-refractivity contribution >= 4 is 27.5 Å². The first-order chi connectivity index (χ1) is 9.70. The van der Waals surface area contributed by atoms with Gasteiger partial charge in [0.2, 0.25) is 0 Å². The Morgan fingerprint density at radius 1 is 1.30 bits per heavy atom. The monoisotopic (exact) mass is 333 g/mol. The van der Waals surface area contributed by atoms with E-state index >= 15 is 0 Å². The molecule has 1 aromatic heterocycles. The lowest BCUT2D eigenvalue weighted by Gasteiger charge is -2.09. The van der Waals surface area contributed by atoms with Crippen LogP contribution in [0.1, 0.15) is 23.0 Å². The van der Waals surface area contributed by atoms with Gasteiger partial charge in [-0.1, -0.05) is 34.1 Å². The normalized spacial score (nSPS) is 10.1. The van der Waals surface area contributed by atoms with Crippen molar-refractivity contribution in [3.8, 4) is 0 Å². The number of benzene rings is 1. The van der Waals surface area contributed by atoms with Crippen molar-refractivity contribution in [2.45, 2.75) is 13.5 Å². The zero-order valence-electron chi connectivity index (χ0n) is 11.2. The molecular weight excluding hydrogens is 318 g/mol. The quantitative estimate of drug-likeness (QED) is 0.883. The molecule has 0 aliphatic rings. The highest BCUT2D eigenvalue weighted by Crippen LogP contribution is 2.17. The van der Waals surface area contributed by atoms with E-state index in [1.807, 2.05) is 37.3 Å². The van der Waals surface area contributed by atoms with E-state index < -0.39 is 0 Å². The van der Waals surface area contributed by atoms with E-state index in [9.17, 15) is 4.79 Å². The number of pyridine rings is 1. The molecule has 0 bridgehead atoms. The molecule has 0 unspecified atom stereocenters. The molecule has 0 aliphatic heterocycles. The number of carbonyl (C=O) groups excluding carboxylic acids is 1. The predicted octanol–water partition coefficient (Wildman–Crippen LogP) is 3.21. The second kappa shape index (κ2) is 7.05. The van der Waals surface area contributed by atoms with Crippen molar-refractivity contribution in [2.75, 3.05) is 11.9 Å². The number of anilines is 1. The van der Waals surface area contributed by atoms with Crippen molar-refractivity contribution in [2.24, 2.45) is 0 Å². The molecule has 1 amide bonds. The molecule has 0 atom stereocenters. The van der Waals surface area contributed by atoms with E-state index in [4.69, 9.17) is 0 Å². The van der Waals surface area contributed by atoms with Crippen LogP contribution in [0.15, 0.2) is 47.1 Å². The third-order valence-electron chi connectivity index (χ3n) is 2.77. The highest BCUT2D eigenvalue weighted by molar-refractivity contribution is 9.10. The summed E-state index contributed by atoms with van der Waals surface area (Å²) in [5, 5.41) is 6.02. The topological polar surface area (TPSA) is 54.0 Å². The zero-order chi connectivity index (χ0) is 14.4. The Morgan fingerprint density at radius 2 is 2.10 bits per heavy atom. The number of hydrogen-bond acceptors (Lipinski definition) is 3. The van der Waals surface area contributed by atoms with Crippen LogP contribution in [0, 0.1) is 0 Å². The summed E-state index contributed by atoms with van der Waals surface area (Å²) in [6.45, 7) is 3.16. The van der Waals surface area contributed by atoms with Gasteiger partial charge in [-0.15, -0.1) is 0 Å². The molecule has 0 saturated carbocycles. The molecule has 0 radical (unpaired) electrons. The summed E-state index contributed by atoms with van der Waals surface area (Å²) in [6.07, 6.45) is 1.63. The van der Waals surface area contributed by atoms with Gasteiger partial charge in [0, 0.05) is 29.4 Å². The van der Waals surface area contributed by atoms with E-state index in [0.29, 0.717) is 18.8 Å². The van der Waals surface area contributed by atoms with Crippen LogP contribution >= 0.6 is 15.9 Å². The van der Waals surface area contributed by atoms with Gasteiger partial charge in [0.15, 0.2) is 0 Å². The Balaban J connectivity index is 2.05. The standard InChI is InChI=1S/C15H16BrN3O/c1-2-17-15(20)14-9-12(7-8-18-14)19-10-11-5-3-4-6-13(11)16/h3-9H,2,10H2,1H3,(H,17,20)(H,18,19). The summed E-state index contributed by atoms with van der Waals surface area (Å²) in [7, 11) is 0. The molecular formula is C15H16BrN3O. The molecule has 2 N–H and O–H groups in total. The lowest BCUT2D eigenvalue weighted by Crippen LogP contribution is -2.23. The van der Waals surface area contributed by atoms with Gasteiger partial charge in [0.05, 0.1) is 0 Å². The number of nitrogens with zero attached hydrogens (tertiary/aromatic N) is 1. The van der Waals surface area contributed by atoms with Crippen molar-refractivity contribution in [3.63, 3.8) is 0 Å². The first-order valence-electron chi connectivity index (χ1n) is 6.42.